The molecule has 0 bridgehead atoms. The highest BCUT2D eigenvalue weighted by atomic mass is 32.2. The Morgan fingerprint density at radius 1 is 1.24 bits per heavy atom. The average Bonchev–Trinajstić information content (AvgIpc) is 3.14. The largest absolute Gasteiger partial charge is 0.498 e. The molecule has 0 N–H and O–H groups in total. The molecule has 9 heteroatoms. The van der Waals surface area contributed by atoms with Gasteiger partial charge in [-0.15, -0.1) is 0 Å². The van der Waals surface area contributed by atoms with Gasteiger partial charge in [0.15, 0.2) is 5.16 Å². The summed E-state index contributed by atoms with van der Waals surface area (Å²) in [5, 5.41) is 0.723. The van der Waals surface area contributed by atoms with Crippen molar-refractivity contribution in [2.24, 2.45) is 5.92 Å². The number of nitrogens with zero attached hydrogens (tertiary/aromatic N) is 3. The van der Waals surface area contributed by atoms with Crippen molar-refractivity contribution in [3.63, 3.8) is 0 Å². The van der Waals surface area contributed by atoms with E-state index in [0.29, 0.717) is 12.5 Å². The molecule has 2 fully saturated rings. The Labute approximate surface area is 178 Å². The molecule has 1 amide bonds. The van der Waals surface area contributed by atoms with Crippen molar-refractivity contribution >= 4 is 30.4 Å². The molecule has 0 radical (unpaired) electrons. The van der Waals surface area contributed by atoms with Gasteiger partial charge in [-0.05, 0) is 60.8 Å². The van der Waals surface area contributed by atoms with E-state index in [4.69, 9.17) is 14.0 Å². The Hall–Kier alpha value is -1.32. The quantitative estimate of drug-likeness (QED) is 0.420. The van der Waals surface area contributed by atoms with Crippen molar-refractivity contribution in [2.75, 3.05) is 18.8 Å². The minimum atomic E-state index is -0.462. The number of aromatic nitrogens is 2. The first-order valence-corrected chi connectivity index (χ1v) is 11.1. The van der Waals surface area contributed by atoms with Crippen LogP contribution in [0.1, 0.15) is 54.9 Å². The zero-order chi connectivity index (χ0) is 21.4. The summed E-state index contributed by atoms with van der Waals surface area (Å²) in [6.07, 6.45) is 4.30. The predicted molar refractivity (Wildman–Crippen MR) is 114 cm³/mol. The first-order valence-electron chi connectivity index (χ1n) is 10.1. The van der Waals surface area contributed by atoms with Gasteiger partial charge in [0.05, 0.1) is 11.2 Å². The normalized spacial score (nSPS) is 23.5. The second-order valence-corrected chi connectivity index (χ2v) is 10.8. The fraction of sp³-hybridized carbons (Fsp3) is 0.750. The molecule has 1 atom stereocenters. The third kappa shape index (κ3) is 5.44. The van der Waals surface area contributed by atoms with E-state index < -0.39 is 12.7 Å². The number of rotatable bonds is 4. The van der Waals surface area contributed by atoms with E-state index in [9.17, 15) is 4.79 Å². The first-order chi connectivity index (χ1) is 13.4. The lowest BCUT2D eigenvalue weighted by Gasteiger charge is -2.32. The van der Waals surface area contributed by atoms with Gasteiger partial charge in [-0.1, -0.05) is 11.8 Å². The van der Waals surface area contributed by atoms with Gasteiger partial charge in [0, 0.05) is 36.7 Å². The second kappa shape index (κ2) is 8.08. The Bertz CT molecular complexity index is 720. The van der Waals surface area contributed by atoms with E-state index in [1.165, 1.54) is 0 Å². The summed E-state index contributed by atoms with van der Waals surface area (Å²) in [5.74, 6) is 1.29. The fourth-order valence-electron chi connectivity index (χ4n) is 3.15. The van der Waals surface area contributed by atoms with Gasteiger partial charge in [-0.3, -0.25) is 0 Å². The van der Waals surface area contributed by atoms with Gasteiger partial charge in [-0.2, -0.15) is 0 Å². The predicted octanol–water partition coefficient (Wildman–Crippen LogP) is 3.12. The van der Waals surface area contributed by atoms with Crippen molar-refractivity contribution in [3.05, 3.63) is 12.4 Å². The number of thioether (sulfide) groups is 1. The van der Waals surface area contributed by atoms with Gasteiger partial charge >= 0.3 is 13.2 Å². The van der Waals surface area contributed by atoms with E-state index >= 15 is 0 Å². The van der Waals surface area contributed by atoms with Crippen LogP contribution >= 0.6 is 11.8 Å². The molecule has 2 aliphatic rings. The summed E-state index contributed by atoms with van der Waals surface area (Å²) in [7, 11) is -0.448. The number of amides is 1. The fourth-order valence-corrected chi connectivity index (χ4v) is 4.07. The summed E-state index contributed by atoms with van der Waals surface area (Å²) < 4.78 is 17.5. The number of ether oxygens (including phenoxy) is 1. The SMILES string of the molecule is CC(C)(C)OC(=O)N1CCC(CSc2ncc(B3OC(C)(C)C(C)(C)O3)cn2)C1. The number of likely N-dealkylation sites (tertiary alicyclic amines) is 1. The molecule has 1 unspecified atom stereocenters. The van der Waals surface area contributed by atoms with Gasteiger partial charge in [0.2, 0.25) is 0 Å². The van der Waals surface area contributed by atoms with Gasteiger partial charge in [0.1, 0.15) is 5.60 Å². The number of carbonyl (C=O) groups is 1. The molecular formula is C20H32BN3O4S. The minimum absolute atomic E-state index is 0.229. The molecule has 7 nitrogen and oxygen atoms in total. The Morgan fingerprint density at radius 3 is 2.38 bits per heavy atom. The molecule has 3 rings (SSSR count). The third-order valence-electron chi connectivity index (χ3n) is 5.56. The van der Waals surface area contributed by atoms with E-state index in [0.717, 1.165) is 29.3 Å². The van der Waals surface area contributed by atoms with Crippen LogP contribution in [0.5, 0.6) is 0 Å². The number of hydrogen-bond donors (Lipinski definition) is 0. The summed E-state index contributed by atoms with van der Waals surface area (Å²) in [6.45, 7) is 15.2. The Morgan fingerprint density at radius 2 is 1.83 bits per heavy atom. The van der Waals surface area contributed by atoms with Gasteiger partial charge in [-0.25, -0.2) is 14.8 Å². The molecule has 3 heterocycles. The maximum Gasteiger partial charge on any atom is 0.498 e. The smallest absolute Gasteiger partial charge is 0.444 e. The summed E-state index contributed by atoms with van der Waals surface area (Å²) in [4.78, 5) is 22.9. The lowest BCUT2D eigenvalue weighted by molar-refractivity contribution is 0.00578. The molecule has 0 aliphatic carbocycles. The van der Waals surface area contributed by atoms with Crippen LogP contribution in [0.3, 0.4) is 0 Å². The molecule has 29 heavy (non-hydrogen) atoms. The van der Waals surface area contributed by atoms with Crippen LogP contribution in [0.25, 0.3) is 0 Å². The van der Waals surface area contributed by atoms with Crippen LogP contribution in [0.4, 0.5) is 4.79 Å². The monoisotopic (exact) mass is 421 g/mol. The lowest BCUT2D eigenvalue weighted by Crippen LogP contribution is -2.41. The van der Waals surface area contributed by atoms with Crippen LogP contribution in [-0.4, -0.2) is 63.7 Å². The standard InChI is InChI=1S/C20H32BN3O4S/c1-18(2,3)26-17(25)24-9-8-14(12-24)13-29-16-22-10-15(11-23-16)21-27-19(4,5)20(6,7)28-21/h10-11,14H,8-9,12-13H2,1-7H3. The molecule has 1 aromatic rings. The Balaban J connectivity index is 1.49. The Kier molecular flexibility index (Phi) is 6.23. The van der Waals surface area contributed by atoms with E-state index in [1.807, 2.05) is 48.5 Å². The van der Waals surface area contributed by atoms with Crippen LogP contribution in [0.2, 0.25) is 0 Å². The number of carbonyl (C=O) groups excluding carboxylic acids is 1. The van der Waals surface area contributed by atoms with Crippen LogP contribution in [0.15, 0.2) is 17.6 Å². The molecule has 160 valence electrons. The van der Waals surface area contributed by atoms with Crippen LogP contribution in [0, 0.1) is 5.92 Å². The van der Waals surface area contributed by atoms with Crippen molar-refractivity contribution in [2.45, 2.75) is 76.8 Å². The molecule has 2 aliphatic heterocycles. The van der Waals surface area contributed by atoms with Crippen molar-refractivity contribution in [1.82, 2.24) is 14.9 Å². The van der Waals surface area contributed by atoms with E-state index in [-0.39, 0.29) is 17.3 Å². The number of hydrogen-bond acceptors (Lipinski definition) is 7. The summed E-state index contributed by atoms with van der Waals surface area (Å²) >= 11 is 1.61. The maximum absolute atomic E-state index is 12.2. The van der Waals surface area contributed by atoms with Crippen molar-refractivity contribution in [1.29, 1.82) is 0 Å². The highest BCUT2D eigenvalue weighted by molar-refractivity contribution is 7.99. The summed E-state index contributed by atoms with van der Waals surface area (Å²) in [6, 6.07) is 0. The van der Waals surface area contributed by atoms with Crippen LogP contribution < -0.4 is 5.46 Å². The van der Waals surface area contributed by atoms with Crippen molar-refractivity contribution in [3.8, 4) is 0 Å². The molecule has 1 aromatic heterocycles. The van der Waals surface area contributed by atoms with Gasteiger partial charge < -0.3 is 18.9 Å². The van der Waals surface area contributed by atoms with E-state index in [2.05, 4.69) is 9.97 Å². The van der Waals surface area contributed by atoms with Gasteiger partial charge in [0.25, 0.3) is 0 Å². The highest BCUT2D eigenvalue weighted by Crippen LogP contribution is 2.36. The molecule has 0 saturated carbocycles. The molecule has 0 spiro atoms. The second-order valence-electron chi connectivity index (χ2n) is 9.78. The first kappa shape index (κ1) is 22.4. The molecular weight excluding hydrogens is 389 g/mol. The topological polar surface area (TPSA) is 73.8 Å². The third-order valence-corrected chi connectivity index (χ3v) is 6.67. The zero-order valence-corrected chi connectivity index (χ0v) is 19.3. The zero-order valence-electron chi connectivity index (χ0n) is 18.5. The molecule has 0 aromatic carbocycles. The average molecular weight is 421 g/mol. The van der Waals surface area contributed by atoms with Crippen LogP contribution in [-0.2, 0) is 14.0 Å². The summed E-state index contributed by atoms with van der Waals surface area (Å²) in [5.41, 5.74) is -0.400. The molecule has 2 saturated heterocycles. The maximum atomic E-state index is 12.2. The van der Waals surface area contributed by atoms with Crippen molar-refractivity contribution < 1.29 is 18.8 Å². The lowest BCUT2D eigenvalue weighted by atomic mass is 9.81. The highest BCUT2D eigenvalue weighted by Gasteiger charge is 2.52. The van der Waals surface area contributed by atoms with E-state index in [1.54, 1.807) is 29.1 Å². The minimum Gasteiger partial charge on any atom is -0.444 e.